The van der Waals surface area contributed by atoms with Crippen molar-refractivity contribution in [2.45, 2.75) is 18.7 Å². The fourth-order valence-corrected chi connectivity index (χ4v) is 4.27. The van der Waals surface area contributed by atoms with E-state index in [2.05, 4.69) is 15.2 Å². The molecule has 0 aliphatic rings. The number of fused-ring (bicyclic) bond motifs is 1. The van der Waals surface area contributed by atoms with Crippen LogP contribution in [-0.2, 0) is 10.0 Å². The number of hydrogen-bond acceptors (Lipinski definition) is 4. The van der Waals surface area contributed by atoms with E-state index in [0.717, 1.165) is 27.6 Å². The molecule has 0 spiro atoms. The van der Waals surface area contributed by atoms with Crippen LogP contribution in [0.1, 0.15) is 27.0 Å². The Hall–Kier alpha value is -3.97. The molecule has 0 fully saturated rings. The highest BCUT2D eigenvalue weighted by molar-refractivity contribution is 7.89. The van der Waals surface area contributed by atoms with Gasteiger partial charge in [-0.2, -0.15) is 13.5 Å². The van der Waals surface area contributed by atoms with Crippen molar-refractivity contribution in [1.82, 2.24) is 4.83 Å². The highest BCUT2D eigenvalue weighted by Gasteiger charge is 2.14. The average Bonchev–Trinajstić information content (AvgIpc) is 2.82. The van der Waals surface area contributed by atoms with Crippen molar-refractivity contribution in [3.05, 3.63) is 107 Å². The number of hydrogen-bond donors (Lipinski definition) is 2. The number of carbonyl (C=O) groups is 1. The molecule has 4 aromatic carbocycles. The lowest BCUT2D eigenvalue weighted by Crippen LogP contribution is -2.19. The van der Waals surface area contributed by atoms with Gasteiger partial charge in [0.15, 0.2) is 0 Å². The summed E-state index contributed by atoms with van der Waals surface area (Å²) >= 11 is 0. The highest BCUT2D eigenvalue weighted by atomic mass is 32.2. The van der Waals surface area contributed by atoms with Gasteiger partial charge in [-0.1, -0.05) is 60.7 Å². The summed E-state index contributed by atoms with van der Waals surface area (Å²) in [6, 6.07) is 25.0. The Morgan fingerprint density at radius 1 is 0.848 bits per heavy atom. The van der Waals surface area contributed by atoms with Gasteiger partial charge in [-0.15, -0.1) is 0 Å². The predicted octanol–water partition coefficient (Wildman–Crippen LogP) is 5.02. The van der Waals surface area contributed by atoms with E-state index in [4.69, 9.17) is 0 Å². The first kappa shape index (κ1) is 22.2. The monoisotopic (exact) mass is 457 g/mol. The first-order valence-electron chi connectivity index (χ1n) is 10.4. The molecule has 0 aliphatic heterocycles. The van der Waals surface area contributed by atoms with Crippen molar-refractivity contribution >= 4 is 38.6 Å². The van der Waals surface area contributed by atoms with Crippen LogP contribution < -0.4 is 10.1 Å². The van der Waals surface area contributed by atoms with Gasteiger partial charge in [0.25, 0.3) is 15.9 Å². The molecule has 33 heavy (non-hydrogen) atoms. The molecular formula is C26H23N3O3S. The molecule has 0 aliphatic carbocycles. The van der Waals surface area contributed by atoms with Gasteiger partial charge in [0.1, 0.15) is 0 Å². The van der Waals surface area contributed by atoms with E-state index in [1.54, 1.807) is 36.4 Å². The quantitative estimate of drug-likeness (QED) is 0.315. The second kappa shape index (κ2) is 9.26. The van der Waals surface area contributed by atoms with Crippen LogP contribution in [0.15, 0.2) is 94.9 Å². The topological polar surface area (TPSA) is 87.6 Å². The molecule has 7 heteroatoms. The molecule has 4 aromatic rings. The largest absolute Gasteiger partial charge is 0.322 e. The van der Waals surface area contributed by atoms with Crippen LogP contribution in [0.4, 0.5) is 5.69 Å². The third-order valence-corrected chi connectivity index (χ3v) is 6.69. The number of rotatable bonds is 6. The maximum absolute atomic E-state index is 12.9. The Morgan fingerprint density at radius 3 is 2.39 bits per heavy atom. The number of aryl methyl sites for hydroxylation is 1. The molecule has 0 saturated heterocycles. The number of anilines is 1. The summed E-state index contributed by atoms with van der Waals surface area (Å²) in [6.45, 7) is 3.92. The molecule has 0 saturated carbocycles. The SMILES string of the molecule is Cc1cccc(NC(=O)c2ccccc2C=NNS(=O)(=O)c2ccc3ccccc3c2)c1C. The Kier molecular flexibility index (Phi) is 6.24. The third-order valence-electron chi connectivity index (χ3n) is 5.47. The molecule has 4 rings (SSSR count). The number of carbonyl (C=O) groups excluding carboxylic acids is 1. The van der Waals surface area contributed by atoms with Gasteiger partial charge >= 0.3 is 0 Å². The van der Waals surface area contributed by atoms with Crippen LogP contribution in [0.2, 0.25) is 0 Å². The standard InChI is InChI=1S/C26H23N3O3S/c1-18-8-7-13-25(19(18)2)28-26(30)24-12-6-5-11-22(24)17-27-29-33(31,32)23-15-14-20-9-3-4-10-21(20)16-23/h3-17,29H,1-2H3,(H,28,30). The second-order valence-electron chi connectivity index (χ2n) is 7.65. The smallest absolute Gasteiger partial charge is 0.276 e. The zero-order valence-corrected chi connectivity index (χ0v) is 19.1. The van der Waals surface area contributed by atoms with Crippen molar-refractivity contribution in [2.24, 2.45) is 5.10 Å². The van der Waals surface area contributed by atoms with E-state index in [1.165, 1.54) is 12.3 Å². The van der Waals surface area contributed by atoms with Crippen LogP contribution in [0, 0.1) is 13.8 Å². The molecule has 166 valence electrons. The van der Waals surface area contributed by atoms with Gasteiger partial charge in [0, 0.05) is 16.8 Å². The van der Waals surface area contributed by atoms with Crippen molar-refractivity contribution in [3.8, 4) is 0 Å². The van der Waals surface area contributed by atoms with E-state index >= 15 is 0 Å². The first-order valence-corrected chi connectivity index (χ1v) is 11.8. The average molecular weight is 458 g/mol. The summed E-state index contributed by atoms with van der Waals surface area (Å²) in [4.78, 5) is 15.2. The molecule has 0 heterocycles. The summed E-state index contributed by atoms with van der Waals surface area (Å²) in [5.74, 6) is -0.303. The minimum atomic E-state index is -3.86. The molecule has 0 atom stereocenters. The van der Waals surface area contributed by atoms with E-state index in [9.17, 15) is 13.2 Å². The number of hydrazone groups is 1. The Morgan fingerprint density at radius 2 is 1.58 bits per heavy atom. The van der Waals surface area contributed by atoms with Crippen LogP contribution in [-0.4, -0.2) is 20.5 Å². The molecule has 0 radical (unpaired) electrons. The molecule has 2 N–H and O–H groups in total. The van der Waals surface area contributed by atoms with E-state index in [0.29, 0.717) is 11.1 Å². The van der Waals surface area contributed by atoms with Crippen molar-refractivity contribution < 1.29 is 13.2 Å². The fraction of sp³-hybridized carbons (Fsp3) is 0.0769. The molecule has 0 aromatic heterocycles. The third kappa shape index (κ3) is 4.94. The predicted molar refractivity (Wildman–Crippen MR) is 132 cm³/mol. The van der Waals surface area contributed by atoms with Crippen LogP contribution >= 0.6 is 0 Å². The number of nitrogens with one attached hydrogen (secondary N) is 2. The maximum atomic E-state index is 12.9. The minimum absolute atomic E-state index is 0.110. The number of amides is 1. The van der Waals surface area contributed by atoms with Crippen molar-refractivity contribution in [1.29, 1.82) is 0 Å². The van der Waals surface area contributed by atoms with Crippen molar-refractivity contribution in [2.75, 3.05) is 5.32 Å². The number of nitrogens with zero attached hydrogens (tertiary/aromatic N) is 1. The molecule has 6 nitrogen and oxygen atoms in total. The van der Waals surface area contributed by atoms with Gasteiger partial charge in [-0.05, 0) is 60.0 Å². The summed E-state index contributed by atoms with van der Waals surface area (Å²) in [5, 5.41) is 8.59. The van der Waals surface area contributed by atoms with Crippen LogP contribution in [0.5, 0.6) is 0 Å². The molecule has 1 amide bonds. The van der Waals surface area contributed by atoms with Gasteiger partial charge in [-0.3, -0.25) is 4.79 Å². The van der Waals surface area contributed by atoms with Crippen molar-refractivity contribution in [3.63, 3.8) is 0 Å². The molecule has 0 bridgehead atoms. The first-order chi connectivity index (χ1) is 15.8. The number of benzene rings is 4. The van der Waals surface area contributed by atoms with Gasteiger partial charge in [0.05, 0.1) is 11.1 Å². The molecule has 0 unspecified atom stereocenters. The highest BCUT2D eigenvalue weighted by Crippen LogP contribution is 2.20. The summed E-state index contributed by atoms with van der Waals surface area (Å²) in [5.41, 5.74) is 3.66. The zero-order valence-electron chi connectivity index (χ0n) is 18.2. The van der Waals surface area contributed by atoms with Gasteiger partial charge in [-0.25, -0.2) is 4.83 Å². The summed E-state index contributed by atoms with van der Waals surface area (Å²) in [6.07, 6.45) is 1.33. The van der Waals surface area contributed by atoms with Gasteiger partial charge < -0.3 is 5.32 Å². The number of sulfonamides is 1. The van der Waals surface area contributed by atoms with E-state index < -0.39 is 10.0 Å². The second-order valence-corrected chi connectivity index (χ2v) is 9.31. The van der Waals surface area contributed by atoms with E-state index in [1.807, 2.05) is 56.3 Å². The lowest BCUT2D eigenvalue weighted by molar-refractivity contribution is 0.102. The summed E-state index contributed by atoms with van der Waals surface area (Å²) < 4.78 is 25.4. The zero-order chi connectivity index (χ0) is 23.4. The fourth-order valence-electron chi connectivity index (χ4n) is 3.45. The Labute approximate surface area is 193 Å². The lowest BCUT2D eigenvalue weighted by Gasteiger charge is -2.11. The normalized spacial score (nSPS) is 11.6. The van der Waals surface area contributed by atoms with E-state index in [-0.39, 0.29) is 10.8 Å². The summed E-state index contributed by atoms with van der Waals surface area (Å²) in [7, 11) is -3.86. The minimum Gasteiger partial charge on any atom is -0.322 e. The van der Waals surface area contributed by atoms with Crippen LogP contribution in [0.25, 0.3) is 10.8 Å². The van der Waals surface area contributed by atoms with Crippen LogP contribution in [0.3, 0.4) is 0 Å². The lowest BCUT2D eigenvalue weighted by atomic mass is 10.1. The Balaban J connectivity index is 1.53. The van der Waals surface area contributed by atoms with Gasteiger partial charge in [0.2, 0.25) is 0 Å². The molecular weight excluding hydrogens is 434 g/mol. The maximum Gasteiger partial charge on any atom is 0.276 e. The Bertz CT molecular complexity index is 1480.